The highest BCUT2D eigenvalue weighted by molar-refractivity contribution is 5.33. The van der Waals surface area contributed by atoms with E-state index in [1.807, 2.05) is 19.1 Å². The molecule has 0 fully saturated rings. The van der Waals surface area contributed by atoms with E-state index in [4.69, 9.17) is 10.6 Å². The van der Waals surface area contributed by atoms with Gasteiger partial charge in [0.05, 0.1) is 13.2 Å². The van der Waals surface area contributed by atoms with E-state index in [1.165, 1.54) is 12.1 Å². The van der Waals surface area contributed by atoms with Crippen LogP contribution < -0.4 is 16.0 Å². The number of nitrogens with zero attached hydrogens (tertiary/aromatic N) is 1. The average molecular weight is 275 g/mol. The fourth-order valence-electron chi connectivity index (χ4n) is 2.21. The minimum atomic E-state index is -0.234. The molecule has 4 nitrogen and oxygen atoms in total. The van der Waals surface area contributed by atoms with Gasteiger partial charge in [0.15, 0.2) is 0 Å². The number of aromatic nitrogens is 1. The minimum Gasteiger partial charge on any atom is -0.481 e. The van der Waals surface area contributed by atoms with Crippen LogP contribution in [0, 0.1) is 12.7 Å². The molecule has 0 spiro atoms. The Kier molecular flexibility index (Phi) is 4.65. The van der Waals surface area contributed by atoms with Crippen LogP contribution in [0.5, 0.6) is 5.88 Å². The number of rotatable bonds is 5. The third kappa shape index (κ3) is 3.12. The number of hydrogen-bond donors (Lipinski definition) is 2. The number of nitrogens with one attached hydrogen (secondary N) is 1. The second kappa shape index (κ2) is 6.45. The molecule has 5 heteroatoms. The maximum atomic E-state index is 13.1. The van der Waals surface area contributed by atoms with Gasteiger partial charge in [-0.05, 0) is 42.7 Å². The normalized spacial score (nSPS) is 12.2. The molecular formula is C15H18FN3O. The second-order valence-corrected chi connectivity index (χ2v) is 4.60. The van der Waals surface area contributed by atoms with Crippen LogP contribution in [0.1, 0.15) is 22.7 Å². The molecule has 0 aliphatic rings. The van der Waals surface area contributed by atoms with Crippen molar-refractivity contribution in [1.82, 2.24) is 10.4 Å². The summed E-state index contributed by atoms with van der Waals surface area (Å²) in [5.41, 5.74) is 5.57. The third-order valence-corrected chi connectivity index (χ3v) is 3.30. The standard InChI is InChI=1S/C15H18FN3O/c1-10-8-12(16)6-5-11(10)9-14(19-17)13-4-3-7-18-15(13)20-2/h3-8,14,19H,9,17H2,1-2H3. The smallest absolute Gasteiger partial charge is 0.217 e. The molecule has 0 saturated heterocycles. The Balaban J connectivity index is 2.29. The van der Waals surface area contributed by atoms with Gasteiger partial charge >= 0.3 is 0 Å². The van der Waals surface area contributed by atoms with E-state index < -0.39 is 0 Å². The fourth-order valence-corrected chi connectivity index (χ4v) is 2.21. The summed E-state index contributed by atoms with van der Waals surface area (Å²) in [5.74, 6) is 5.95. The van der Waals surface area contributed by atoms with Crippen molar-refractivity contribution in [2.75, 3.05) is 7.11 Å². The largest absolute Gasteiger partial charge is 0.481 e. The van der Waals surface area contributed by atoms with Gasteiger partial charge in [-0.2, -0.15) is 0 Å². The molecule has 0 saturated carbocycles. The Hall–Kier alpha value is -1.98. The first kappa shape index (κ1) is 14.4. The average Bonchev–Trinajstić information content (AvgIpc) is 2.46. The van der Waals surface area contributed by atoms with Crippen molar-refractivity contribution < 1.29 is 9.13 Å². The maximum absolute atomic E-state index is 13.1. The number of hydrogen-bond acceptors (Lipinski definition) is 4. The summed E-state index contributed by atoms with van der Waals surface area (Å²) in [7, 11) is 1.57. The highest BCUT2D eigenvalue weighted by atomic mass is 19.1. The molecule has 2 rings (SSSR count). The Labute approximate surface area is 117 Å². The van der Waals surface area contributed by atoms with Crippen molar-refractivity contribution in [3.05, 3.63) is 59.0 Å². The van der Waals surface area contributed by atoms with Crippen molar-refractivity contribution in [2.45, 2.75) is 19.4 Å². The van der Waals surface area contributed by atoms with Gasteiger partial charge in [-0.25, -0.2) is 9.37 Å². The predicted molar refractivity (Wildman–Crippen MR) is 75.7 cm³/mol. The van der Waals surface area contributed by atoms with Gasteiger partial charge in [-0.3, -0.25) is 11.3 Å². The highest BCUT2D eigenvalue weighted by Crippen LogP contribution is 2.26. The molecule has 1 atom stereocenters. The van der Waals surface area contributed by atoms with E-state index in [-0.39, 0.29) is 11.9 Å². The lowest BCUT2D eigenvalue weighted by Gasteiger charge is -2.19. The summed E-state index contributed by atoms with van der Waals surface area (Å²) in [6, 6.07) is 8.34. The van der Waals surface area contributed by atoms with Crippen LogP contribution in [0.25, 0.3) is 0 Å². The summed E-state index contributed by atoms with van der Waals surface area (Å²) in [6.07, 6.45) is 2.30. The van der Waals surface area contributed by atoms with Gasteiger partial charge in [0.1, 0.15) is 5.82 Å². The van der Waals surface area contributed by atoms with E-state index >= 15 is 0 Å². The Morgan fingerprint density at radius 3 is 2.85 bits per heavy atom. The summed E-state index contributed by atoms with van der Waals surface area (Å²) >= 11 is 0. The number of hydrazine groups is 1. The minimum absolute atomic E-state index is 0.150. The quantitative estimate of drug-likeness (QED) is 0.649. The topological polar surface area (TPSA) is 60.2 Å². The van der Waals surface area contributed by atoms with Crippen LogP contribution in [0.15, 0.2) is 36.5 Å². The van der Waals surface area contributed by atoms with Gasteiger partial charge in [0.25, 0.3) is 0 Å². The van der Waals surface area contributed by atoms with Crippen LogP contribution in [0.2, 0.25) is 0 Å². The van der Waals surface area contributed by atoms with Crippen molar-refractivity contribution >= 4 is 0 Å². The van der Waals surface area contributed by atoms with Crippen LogP contribution in [0.4, 0.5) is 4.39 Å². The first-order chi connectivity index (χ1) is 9.65. The summed E-state index contributed by atoms with van der Waals surface area (Å²) in [6.45, 7) is 1.88. The molecule has 0 amide bonds. The van der Waals surface area contributed by atoms with Crippen LogP contribution in [-0.4, -0.2) is 12.1 Å². The molecule has 3 N–H and O–H groups in total. The molecular weight excluding hydrogens is 257 g/mol. The summed E-state index contributed by atoms with van der Waals surface area (Å²) < 4.78 is 18.4. The molecule has 0 bridgehead atoms. The number of pyridine rings is 1. The first-order valence-electron chi connectivity index (χ1n) is 6.35. The lowest BCUT2D eigenvalue weighted by molar-refractivity contribution is 0.382. The molecule has 106 valence electrons. The van der Waals surface area contributed by atoms with E-state index in [1.54, 1.807) is 19.4 Å². The summed E-state index contributed by atoms with van der Waals surface area (Å²) in [5, 5.41) is 0. The van der Waals surface area contributed by atoms with E-state index in [0.717, 1.165) is 16.7 Å². The molecule has 1 aromatic heterocycles. The highest BCUT2D eigenvalue weighted by Gasteiger charge is 2.17. The van der Waals surface area contributed by atoms with Crippen LogP contribution in [0.3, 0.4) is 0 Å². The Bertz CT molecular complexity index is 589. The molecule has 1 heterocycles. The number of ether oxygens (including phenoxy) is 1. The second-order valence-electron chi connectivity index (χ2n) is 4.60. The lowest BCUT2D eigenvalue weighted by Crippen LogP contribution is -2.30. The third-order valence-electron chi connectivity index (χ3n) is 3.30. The molecule has 1 unspecified atom stereocenters. The zero-order valence-electron chi connectivity index (χ0n) is 11.6. The SMILES string of the molecule is COc1ncccc1C(Cc1ccc(F)cc1C)NN. The van der Waals surface area contributed by atoms with Crippen molar-refractivity contribution in [3.63, 3.8) is 0 Å². The van der Waals surface area contributed by atoms with Gasteiger partial charge in [0.2, 0.25) is 5.88 Å². The maximum Gasteiger partial charge on any atom is 0.217 e. The molecule has 0 aliphatic heterocycles. The predicted octanol–water partition coefficient (Wildman–Crippen LogP) is 2.28. The molecule has 2 aromatic rings. The number of halogens is 1. The van der Waals surface area contributed by atoms with E-state index in [0.29, 0.717) is 12.3 Å². The Morgan fingerprint density at radius 1 is 1.40 bits per heavy atom. The Morgan fingerprint density at radius 2 is 2.20 bits per heavy atom. The molecule has 0 aliphatic carbocycles. The van der Waals surface area contributed by atoms with Gasteiger partial charge < -0.3 is 4.74 Å². The van der Waals surface area contributed by atoms with Crippen LogP contribution in [-0.2, 0) is 6.42 Å². The molecule has 1 aromatic carbocycles. The number of methoxy groups -OCH3 is 1. The first-order valence-corrected chi connectivity index (χ1v) is 6.35. The van der Waals surface area contributed by atoms with E-state index in [2.05, 4.69) is 10.4 Å². The lowest BCUT2D eigenvalue weighted by atomic mass is 9.97. The molecule has 0 radical (unpaired) electrons. The number of benzene rings is 1. The number of aryl methyl sites for hydroxylation is 1. The van der Waals surface area contributed by atoms with Crippen LogP contribution >= 0.6 is 0 Å². The van der Waals surface area contributed by atoms with Crippen molar-refractivity contribution in [2.24, 2.45) is 5.84 Å². The van der Waals surface area contributed by atoms with Gasteiger partial charge in [-0.1, -0.05) is 12.1 Å². The number of nitrogens with two attached hydrogens (primary N) is 1. The molecule has 20 heavy (non-hydrogen) atoms. The zero-order chi connectivity index (χ0) is 14.5. The monoisotopic (exact) mass is 275 g/mol. The fraction of sp³-hybridized carbons (Fsp3) is 0.267. The van der Waals surface area contributed by atoms with Gasteiger partial charge in [0, 0.05) is 11.8 Å². The summed E-state index contributed by atoms with van der Waals surface area (Å²) in [4.78, 5) is 4.17. The zero-order valence-corrected chi connectivity index (χ0v) is 11.6. The van der Waals surface area contributed by atoms with Crippen molar-refractivity contribution in [3.8, 4) is 5.88 Å². The van der Waals surface area contributed by atoms with Gasteiger partial charge in [-0.15, -0.1) is 0 Å². The van der Waals surface area contributed by atoms with Crippen molar-refractivity contribution in [1.29, 1.82) is 0 Å². The van der Waals surface area contributed by atoms with E-state index in [9.17, 15) is 4.39 Å².